The molecule has 7 heteroatoms. The lowest BCUT2D eigenvalue weighted by atomic mass is 10.2. The van der Waals surface area contributed by atoms with Gasteiger partial charge in [-0.25, -0.2) is 0 Å². The van der Waals surface area contributed by atoms with Gasteiger partial charge in [0, 0.05) is 43.1 Å². The van der Waals surface area contributed by atoms with Crippen molar-refractivity contribution in [1.82, 2.24) is 15.1 Å². The van der Waals surface area contributed by atoms with Crippen molar-refractivity contribution >= 4 is 17.7 Å². The third kappa shape index (κ3) is 4.50. The van der Waals surface area contributed by atoms with Crippen molar-refractivity contribution in [2.45, 2.75) is 26.9 Å². The van der Waals surface area contributed by atoms with Crippen LogP contribution in [0.25, 0.3) is 6.08 Å². The first-order valence-corrected chi connectivity index (χ1v) is 7.23. The lowest BCUT2D eigenvalue weighted by Crippen LogP contribution is -2.20. The fraction of sp³-hybridized carbons (Fsp3) is 0.250. The first-order chi connectivity index (χ1) is 11.0. The lowest BCUT2D eigenvalue weighted by Gasteiger charge is -2.00. The summed E-state index contributed by atoms with van der Waals surface area (Å²) in [6, 6.07) is 5.99. The molecule has 0 unspecified atom stereocenters. The highest BCUT2D eigenvalue weighted by Gasteiger charge is 2.05. The number of nitrogens with one attached hydrogen (secondary N) is 1. The van der Waals surface area contributed by atoms with E-state index in [1.807, 2.05) is 24.7 Å². The van der Waals surface area contributed by atoms with Crippen LogP contribution in [0, 0.1) is 17.0 Å². The monoisotopic (exact) mass is 314 g/mol. The van der Waals surface area contributed by atoms with E-state index in [9.17, 15) is 14.9 Å². The van der Waals surface area contributed by atoms with Crippen molar-refractivity contribution in [2.24, 2.45) is 0 Å². The number of nitro benzene ring substituents is 1. The zero-order chi connectivity index (χ0) is 16.8. The molecule has 0 bridgehead atoms. The van der Waals surface area contributed by atoms with Crippen LogP contribution in [-0.4, -0.2) is 20.6 Å². The largest absolute Gasteiger partial charge is 0.348 e. The van der Waals surface area contributed by atoms with Crippen LogP contribution in [0.2, 0.25) is 0 Å². The van der Waals surface area contributed by atoms with Crippen LogP contribution < -0.4 is 5.32 Å². The van der Waals surface area contributed by atoms with Gasteiger partial charge in [-0.2, -0.15) is 5.10 Å². The van der Waals surface area contributed by atoms with E-state index in [1.54, 1.807) is 18.2 Å². The molecule has 0 atom stereocenters. The van der Waals surface area contributed by atoms with E-state index in [0.29, 0.717) is 6.54 Å². The number of nitro groups is 1. The average Bonchev–Trinajstić information content (AvgIpc) is 2.91. The molecule has 0 radical (unpaired) electrons. The highest BCUT2D eigenvalue weighted by Crippen LogP contribution is 2.12. The minimum atomic E-state index is -0.459. The molecule has 2 aromatic rings. The highest BCUT2D eigenvalue weighted by atomic mass is 16.6. The van der Waals surface area contributed by atoms with Gasteiger partial charge in [-0.3, -0.25) is 19.6 Å². The Balaban J connectivity index is 1.91. The third-order valence-corrected chi connectivity index (χ3v) is 3.36. The summed E-state index contributed by atoms with van der Waals surface area (Å²) < 4.78 is 1.82. The van der Waals surface area contributed by atoms with Gasteiger partial charge < -0.3 is 5.32 Å². The molecule has 1 N–H and O–H groups in total. The van der Waals surface area contributed by atoms with Crippen LogP contribution in [-0.2, 0) is 17.9 Å². The second-order valence-electron chi connectivity index (χ2n) is 5.00. The van der Waals surface area contributed by atoms with Gasteiger partial charge in [0.15, 0.2) is 0 Å². The number of carbonyl (C=O) groups is 1. The summed E-state index contributed by atoms with van der Waals surface area (Å²) in [5.74, 6) is -0.230. The number of aryl methyl sites for hydroxylation is 2. The molecule has 1 amide bonds. The molecule has 0 aliphatic carbocycles. The van der Waals surface area contributed by atoms with Crippen LogP contribution in [0.3, 0.4) is 0 Å². The predicted octanol–water partition coefficient (Wildman–Crippen LogP) is 2.45. The van der Waals surface area contributed by atoms with Gasteiger partial charge >= 0.3 is 0 Å². The number of carbonyl (C=O) groups excluding carboxylic acids is 1. The van der Waals surface area contributed by atoms with E-state index in [0.717, 1.165) is 23.4 Å². The minimum Gasteiger partial charge on any atom is -0.348 e. The molecule has 7 nitrogen and oxygen atoms in total. The Labute approximate surface area is 133 Å². The number of hydrogen-bond acceptors (Lipinski definition) is 4. The fourth-order valence-corrected chi connectivity index (χ4v) is 2.01. The van der Waals surface area contributed by atoms with Crippen molar-refractivity contribution in [1.29, 1.82) is 0 Å². The van der Waals surface area contributed by atoms with Crippen molar-refractivity contribution in [3.63, 3.8) is 0 Å². The summed E-state index contributed by atoms with van der Waals surface area (Å²) in [5.41, 5.74) is 2.62. The topological polar surface area (TPSA) is 90.1 Å². The second kappa shape index (κ2) is 7.35. The van der Waals surface area contributed by atoms with Crippen molar-refractivity contribution in [2.75, 3.05) is 0 Å². The van der Waals surface area contributed by atoms with Gasteiger partial charge in [0.25, 0.3) is 5.69 Å². The van der Waals surface area contributed by atoms with Gasteiger partial charge in [0.2, 0.25) is 5.91 Å². The van der Waals surface area contributed by atoms with Gasteiger partial charge in [-0.15, -0.1) is 0 Å². The molecule has 120 valence electrons. The zero-order valence-electron chi connectivity index (χ0n) is 13.0. The Morgan fingerprint density at radius 2 is 2.09 bits per heavy atom. The Morgan fingerprint density at radius 1 is 1.39 bits per heavy atom. The van der Waals surface area contributed by atoms with Crippen LogP contribution >= 0.6 is 0 Å². The standard InChI is InChI=1S/C16H18N4O3/c1-3-19-11-14(12(2)18-19)10-17-16(21)9-6-13-4-7-15(8-5-13)20(22)23/h4-9,11H,3,10H2,1-2H3,(H,17,21)/b9-6+. The molecular formula is C16H18N4O3. The SMILES string of the molecule is CCn1cc(CNC(=O)/C=C/c2ccc([N+](=O)[O-])cc2)c(C)n1. The molecule has 23 heavy (non-hydrogen) atoms. The van der Waals surface area contributed by atoms with E-state index in [4.69, 9.17) is 0 Å². The smallest absolute Gasteiger partial charge is 0.269 e. The van der Waals surface area contributed by atoms with Crippen LogP contribution in [0.4, 0.5) is 5.69 Å². The summed E-state index contributed by atoms with van der Waals surface area (Å²) in [5, 5.41) is 17.7. The molecule has 0 aliphatic rings. The van der Waals surface area contributed by atoms with Crippen molar-refractivity contribution in [3.05, 3.63) is 63.5 Å². The molecule has 1 heterocycles. The minimum absolute atomic E-state index is 0.0232. The van der Waals surface area contributed by atoms with Crippen molar-refractivity contribution < 1.29 is 9.72 Å². The highest BCUT2D eigenvalue weighted by molar-refractivity contribution is 5.91. The summed E-state index contributed by atoms with van der Waals surface area (Å²) >= 11 is 0. The number of amides is 1. The number of aromatic nitrogens is 2. The normalized spacial score (nSPS) is 10.9. The van der Waals surface area contributed by atoms with E-state index < -0.39 is 4.92 Å². The van der Waals surface area contributed by atoms with Crippen LogP contribution in [0.1, 0.15) is 23.7 Å². The van der Waals surface area contributed by atoms with E-state index in [2.05, 4.69) is 10.4 Å². The summed E-state index contributed by atoms with van der Waals surface area (Å²) in [4.78, 5) is 21.9. The number of hydrogen-bond donors (Lipinski definition) is 1. The third-order valence-electron chi connectivity index (χ3n) is 3.36. The van der Waals surface area contributed by atoms with E-state index in [-0.39, 0.29) is 11.6 Å². The molecule has 0 fully saturated rings. The summed E-state index contributed by atoms with van der Waals surface area (Å²) in [6.45, 7) is 5.10. The van der Waals surface area contributed by atoms with Gasteiger partial charge in [-0.1, -0.05) is 0 Å². The quantitative estimate of drug-likeness (QED) is 0.504. The molecule has 0 spiro atoms. The molecule has 1 aromatic carbocycles. The molecule has 1 aromatic heterocycles. The van der Waals surface area contributed by atoms with Gasteiger partial charge in [0.05, 0.1) is 10.6 Å². The van der Waals surface area contributed by atoms with Crippen molar-refractivity contribution in [3.8, 4) is 0 Å². The number of benzene rings is 1. The molecule has 0 saturated heterocycles. The first kappa shape index (κ1) is 16.4. The average molecular weight is 314 g/mol. The van der Waals surface area contributed by atoms with E-state index in [1.165, 1.54) is 18.2 Å². The Morgan fingerprint density at radius 3 is 2.65 bits per heavy atom. The molecule has 0 aliphatic heterocycles. The van der Waals surface area contributed by atoms with E-state index >= 15 is 0 Å². The van der Waals surface area contributed by atoms with Gasteiger partial charge in [-0.05, 0) is 37.6 Å². The Kier molecular flexibility index (Phi) is 5.24. The molecule has 0 saturated carbocycles. The summed E-state index contributed by atoms with van der Waals surface area (Å²) in [6.07, 6.45) is 4.93. The second-order valence-corrected chi connectivity index (χ2v) is 5.00. The van der Waals surface area contributed by atoms with Crippen LogP contribution in [0.5, 0.6) is 0 Å². The Hall–Kier alpha value is -2.96. The lowest BCUT2D eigenvalue weighted by molar-refractivity contribution is -0.384. The molecule has 2 rings (SSSR count). The Bertz CT molecular complexity index is 732. The number of nitrogens with zero attached hydrogens (tertiary/aromatic N) is 3. The zero-order valence-corrected chi connectivity index (χ0v) is 13.0. The van der Waals surface area contributed by atoms with Crippen LogP contribution in [0.15, 0.2) is 36.5 Å². The maximum absolute atomic E-state index is 11.8. The number of rotatable bonds is 6. The van der Waals surface area contributed by atoms with Gasteiger partial charge in [0.1, 0.15) is 0 Å². The summed E-state index contributed by atoms with van der Waals surface area (Å²) in [7, 11) is 0. The number of non-ortho nitro benzene ring substituents is 1. The maximum Gasteiger partial charge on any atom is 0.269 e. The molecular weight excluding hydrogens is 296 g/mol. The fourth-order valence-electron chi connectivity index (χ4n) is 2.01. The maximum atomic E-state index is 11.8. The predicted molar refractivity (Wildman–Crippen MR) is 86.6 cm³/mol. The first-order valence-electron chi connectivity index (χ1n) is 7.23.